The fraction of sp³-hybridized carbons (Fsp3) is 0.417. The van der Waals surface area contributed by atoms with Gasteiger partial charge in [0.25, 0.3) is 0 Å². The molecule has 0 aliphatic carbocycles. The van der Waals surface area contributed by atoms with Gasteiger partial charge >= 0.3 is 5.97 Å². The van der Waals surface area contributed by atoms with Gasteiger partial charge in [0.05, 0.1) is 5.02 Å². The molecule has 0 saturated carbocycles. The van der Waals surface area contributed by atoms with Crippen LogP contribution in [0.25, 0.3) is 0 Å². The van der Waals surface area contributed by atoms with Crippen molar-refractivity contribution in [3.8, 4) is 0 Å². The molecule has 0 aromatic heterocycles. The quantitative estimate of drug-likeness (QED) is 0.871. The molecule has 1 rings (SSSR count). The van der Waals surface area contributed by atoms with Gasteiger partial charge in [0, 0.05) is 6.54 Å². The van der Waals surface area contributed by atoms with Gasteiger partial charge in [0.2, 0.25) is 10.0 Å². The number of carboxylic acids is 1. The Kier molecular flexibility index (Phi) is 5.50. The summed E-state index contributed by atoms with van der Waals surface area (Å²) < 4.78 is 38.8. The molecule has 1 aromatic rings. The first kappa shape index (κ1) is 16.9. The highest BCUT2D eigenvalue weighted by Crippen LogP contribution is 2.26. The van der Waals surface area contributed by atoms with Crippen molar-refractivity contribution >= 4 is 27.6 Å². The summed E-state index contributed by atoms with van der Waals surface area (Å²) in [5, 5.41) is 8.67. The Labute approximate surface area is 122 Å². The molecule has 112 valence electrons. The van der Waals surface area contributed by atoms with Crippen molar-refractivity contribution in [2.24, 2.45) is 5.92 Å². The third-order valence-electron chi connectivity index (χ3n) is 2.39. The predicted molar refractivity (Wildman–Crippen MR) is 72.6 cm³/mol. The van der Waals surface area contributed by atoms with E-state index in [1.54, 1.807) is 13.8 Å². The Bertz CT molecular complexity index is 603. The number of hydrogen-bond donors (Lipinski definition) is 1. The van der Waals surface area contributed by atoms with Gasteiger partial charge in [-0.3, -0.25) is 4.79 Å². The minimum atomic E-state index is -4.16. The minimum absolute atomic E-state index is 0.00146. The molecule has 1 aromatic carbocycles. The first-order valence-electron chi connectivity index (χ1n) is 5.81. The topological polar surface area (TPSA) is 74.7 Å². The number of nitrogens with zero attached hydrogens (tertiary/aromatic N) is 1. The van der Waals surface area contributed by atoms with Crippen LogP contribution in [0.3, 0.4) is 0 Å². The van der Waals surface area contributed by atoms with Crippen LogP contribution in [0.15, 0.2) is 23.1 Å². The lowest BCUT2D eigenvalue weighted by Gasteiger charge is -2.22. The highest BCUT2D eigenvalue weighted by atomic mass is 35.5. The van der Waals surface area contributed by atoms with E-state index in [0.29, 0.717) is 0 Å². The van der Waals surface area contributed by atoms with Crippen LogP contribution in [0.1, 0.15) is 13.8 Å². The van der Waals surface area contributed by atoms with Crippen molar-refractivity contribution in [2.45, 2.75) is 18.7 Å². The van der Waals surface area contributed by atoms with E-state index in [-0.39, 0.29) is 17.5 Å². The molecule has 8 heteroatoms. The van der Waals surface area contributed by atoms with Gasteiger partial charge in [-0.15, -0.1) is 0 Å². The van der Waals surface area contributed by atoms with E-state index in [2.05, 4.69) is 0 Å². The number of sulfonamides is 1. The third-order valence-corrected chi connectivity index (χ3v) is 4.68. The van der Waals surface area contributed by atoms with Crippen LogP contribution in [0.5, 0.6) is 0 Å². The fourth-order valence-corrected chi connectivity index (χ4v) is 3.66. The maximum atomic E-state index is 13.2. The lowest BCUT2D eigenvalue weighted by Crippen LogP contribution is -2.38. The van der Waals surface area contributed by atoms with Crippen LogP contribution >= 0.6 is 11.6 Å². The van der Waals surface area contributed by atoms with Crippen molar-refractivity contribution in [3.63, 3.8) is 0 Å². The molecule has 1 N–H and O–H groups in total. The van der Waals surface area contributed by atoms with Crippen molar-refractivity contribution in [1.29, 1.82) is 0 Å². The second-order valence-corrected chi connectivity index (χ2v) is 6.97. The summed E-state index contributed by atoms with van der Waals surface area (Å²) >= 11 is 5.78. The molecule has 0 amide bonds. The number of aliphatic carboxylic acids is 1. The molecule has 0 aliphatic rings. The minimum Gasteiger partial charge on any atom is -0.480 e. The van der Waals surface area contributed by atoms with Gasteiger partial charge in [-0.2, -0.15) is 4.31 Å². The molecule has 0 aliphatic heterocycles. The van der Waals surface area contributed by atoms with Gasteiger partial charge < -0.3 is 5.11 Å². The third kappa shape index (κ3) is 4.16. The van der Waals surface area contributed by atoms with Crippen LogP contribution < -0.4 is 0 Å². The van der Waals surface area contributed by atoms with Crippen LogP contribution in [-0.2, 0) is 14.8 Å². The summed E-state index contributed by atoms with van der Waals surface area (Å²) in [5.74, 6) is -2.13. The van der Waals surface area contributed by atoms with Crippen LogP contribution in [0, 0.1) is 11.7 Å². The van der Waals surface area contributed by atoms with E-state index >= 15 is 0 Å². The van der Waals surface area contributed by atoms with Crippen molar-refractivity contribution in [1.82, 2.24) is 4.31 Å². The van der Waals surface area contributed by atoms with Gasteiger partial charge in [-0.1, -0.05) is 25.4 Å². The first-order valence-corrected chi connectivity index (χ1v) is 7.63. The average molecular weight is 324 g/mol. The van der Waals surface area contributed by atoms with E-state index < -0.39 is 33.3 Å². The molecule has 0 bridgehead atoms. The Hall–Kier alpha value is -1.18. The predicted octanol–water partition coefficient (Wildman–Crippen LogP) is 2.21. The zero-order chi connectivity index (χ0) is 15.5. The number of rotatable bonds is 6. The van der Waals surface area contributed by atoms with E-state index in [1.165, 1.54) is 0 Å². The normalized spacial score (nSPS) is 12.1. The van der Waals surface area contributed by atoms with Gasteiger partial charge in [-0.25, -0.2) is 12.8 Å². The van der Waals surface area contributed by atoms with E-state index in [0.717, 1.165) is 22.5 Å². The lowest BCUT2D eigenvalue weighted by molar-refractivity contribution is -0.137. The summed E-state index contributed by atoms with van der Waals surface area (Å²) in [6, 6.07) is 2.94. The Morgan fingerprint density at radius 1 is 1.45 bits per heavy atom. The molecule has 0 saturated heterocycles. The highest BCUT2D eigenvalue weighted by molar-refractivity contribution is 7.89. The van der Waals surface area contributed by atoms with E-state index in [9.17, 15) is 17.6 Å². The SMILES string of the molecule is CC(C)CN(CC(=O)O)S(=O)(=O)c1cc(F)ccc1Cl. The van der Waals surface area contributed by atoms with Crippen molar-refractivity contribution < 1.29 is 22.7 Å². The van der Waals surface area contributed by atoms with E-state index in [1.807, 2.05) is 0 Å². The van der Waals surface area contributed by atoms with Gasteiger partial charge in [-0.05, 0) is 24.1 Å². The number of hydrogen-bond acceptors (Lipinski definition) is 3. The fourth-order valence-electron chi connectivity index (χ4n) is 1.62. The van der Waals surface area contributed by atoms with Crippen LogP contribution in [0.4, 0.5) is 4.39 Å². The Morgan fingerprint density at radius 2 is 2.05 bits per heavy atom. The average Bonchev–Trinajstić information content (AvgIpc) is 2.30. The van der Waals surface area contributed by atoms with Crippen molar-refractivity contribution in [2.75, 3.05) is 13.1 Å². The smallest absolute Gasteiger partial charge is 0.318 e. The second kappa shape index (κ2) is 6.51. The molecule has 0 heterocycles. The number of carboxylic acid groups (broad SMARTS) is 1. The molecule has 0 radical (unpaired) electrons. The maximum absolute atomic E-state index is 13.2. The summed E-state index contributed by atoms with van der Waals surface area (Å²) in [4.78, 5) is 10.4. The van der Waals surface area contributed by atoms with Gasteiger partial charge in [0.15, 0.2) is 0 Å². The van der Waals surface area contributed by atoms with Crippen LogP contribution in [-0.4, -0.2) is 36.9 Å². The Balaban J connectivity index is 3.28. The molecule has 0 spiro atoms. The van der Waals surface area contributed by atoms with Crippen LogP contribution in [0.2, 0.25) is 5.02 Å². The molecule has 20 heavy (non-hydrogen) atoms. The second-order valence-electron chi connectivity index (χ2n) is 4.66. The molecular formula is C12H15ClFNO4S. The summed E-state index contributed by atoms with van der Waals surface area (Å²) in [6.45, 7) is 2.80. The summed E-state index contributed by atoms with van der Waals surface area (Å²) in [5.41, 5.74) is 0. The number of halogens is 2. The number of benzene rings is 1. The zero-order valence-corrected chi connectivity index (χ0v) is 12.6. The first-order chi connectivity index (χ1) is 9.14. The molecular weight excluding hydrogens is 309 g/mol. The van der Waals surface area contributed by atoms with E-state index in [4.69, 9.17) is 16.7 Å². The monoisotopic (exact) mass is 323 g/mol. The summed E-state index contributed by atoms with van der Waals surface area (Å²) in [7, 11) is -4.16. The van der Waals surface area contributed by atoms with Gasteiger partial charge in [0.1, 0.15) is 17.3 Å². The maximum Gasteiger partial charge on any atom is 0.318 e. The Morgan fingerprint density at radius 3 is 2.55 bits per heavy atom. The largest absolute Gasteiger partial charge is 0.480 e. The standard InChI is InChI=1S/C12H15ClFNO4S/c1-8(2)6-15(7-12(16)17)20(18,19)11-5-9(14)3-4-10(11)13/h3-5,8H,6-7H2,1-2H3,(H,16,17). The zero-order valence-electron chi connectivity index (χ0n) is 11.0. The highest BCUT2D eigenvalue weighted by Gasteiger charge is 2.29. The molecule has 5 nitrogen and oxygen atoms in total. The molecule has 0 atom stereocenters. The molecule has 0 unspecified atom stereocenters. The lowest BCUT2D eigenvalue weighted by atomic mass is 10.2. The molecule has 0 fully saturated rings. The summed E-state index contributed by atoms with van der Waals surface area (Å²) in [6.07, 6.45) is 0. The number of carbonyl (C=O) groups is 1. The van der Waals surface area contributed by atoms with Crippen molar-refractivity contribution in [3.05, 3.63) is 29.0 Å².